The van der Waals surface area contributed by atoms with Crippen molar-refractivity contribution in [2.24, 2.45) is 10.9 Å². The van der Waals surface area contributed by atoms with Crippen molar-refractivity contribution in [1.29, 1.82) is 0 Å². The number of nitrogens with zero attached hydrogens (tertiary/aromatic N) is 1. The molecule has 1 unspecified atom stereocenters. The van der Waals surface area contributed by atoms with Crippen LogP contribution < -0.4 is 5.32 Å². The Morgan fingerprint density at radius 2 is 2.07 bits per heavy atom. The molecule has 0 spiro atoms. The van der Waals surface area contributed by atoms with Crippen LogP contribution in [0.1, 0.15) is 13.3 Å². The lowest BCUT2D eigenvalue weighted by molar-refractivity contribution is -0.143. The highest BCUT2D eigenvalue weighted by molar-refractivity contribution is 5.23. The standard InChI is InChI=1S/C8H15F3N2O/c1-6(14)13-5-7(4-12-2)3-8(9,10)11/h6-7,13-14H,2-5H2,1H3/t6-,7?/m0/s1. The molecule has 84 valence electrons. The lowest BCUT2D eigenvalue weighted by Crippen LogP contribution is -2.34. The van der Waals surface area contributed by atoms with E-state index in [1.54, 1.807) is 0 Å². The SMILES string of the molecule is C=NCC(CN[C@H](C)O)CC(F)(F)F. The smallest absolute Gasteiger partial charge is 0.379 e. The van der Waals surface area contributed by atoms with E-state index in [-0.39, 0.29) is 13.1 Å². The second-order valence-electron chi connectivity index (χ2n) is 3.18. The lowest BCUT2D eigenvalue weighted by Gasteiger charge is -2.18. The Balaban J connectivity index is 3.95. The molecule has 0 fully saturated rings. The molecule has 0 heterocycles. The summed E-state index contributed by atoms with van der Waals surface area (Å²) in [7, 11) is 0. The Labute approximate surface area is 81.0 Å². The zero-order valence-corrected chi connectivity index (χ0v) is 8.01. The Hall–Kier alpha value is -0.620. The number of hydrogen-bond acceptors (Lipinski definition) is 3. The molecule has 0 radical (unpaired) electrons. The summed E-state index contributed by atoms with van der Waals surface area (Å²) in [6.07, 6.45) is -5.92. The van der Waals surface area contributed by atoms with Crippen molar-refractivity contribution in [1.82, 2.24) is 5.32 Å². The van der Waals surface area contributed by atoms with E-state index >= 15 is 0 Å². The molecule has 0 aromatic heterocycles. The van der Waals surface area contributed by atoms with Gasteiger partial charge < -0.3 is 10.1 Å². The van der Waals surface area contributed by atoms with Gasteiger partial charge in [0, 0.05) is 19.5 Å². The summed E-state index contributed by atoms with van der Waals surface area (Å²) in [5, 5.41) is 11.3. The molecule has 3 nitrogen and oxygen atoms in total. The molecule has 0 aliphatic rings. The van der Waals surface area contributed by atoms with Gasteiger partial charge in [-0.2, -0.15) is 13.2 Å². The van der Waals surface area contributed by atoms with Crippen molar-refractivity contribution in [2.75, 3.05) is 13.1 Å². The second-order valence-corrected chi connectivity index (χ2v) is 3.18. The molecule has 0 aliphatic carbocycles. The molecule has 2 atom stereocenters. The fraction of sp³-hybridized carbons (Fsp3) is 0.875. The van der Waals surface area contributed by atoms with Gasteiger partial charge in [-0.25, -0.2) is 0 Å². The van der Waals surface area contributed by atoms with E-state index in [2.05, 4.69) is 17.0 Å². The van der Waals surface area contributed by atoms with E-state index < -0.39 is 24.7 Å². The van der Waals surface area contributed by atoms with E-state index in [9.17, 15) is 13.2 Å². The van der Waals surface area contributed by atoms with Crippen molar-refractivity contribution < 1.29 is 18.3 Å². The van der Waals surface area contributed by atoms with Gasteiger partial charge in [-0.3, -0.25) is 5.32 Å². The van der Waals surface area contributed by atoms with Crippen molar-refractivity contribution >= 4 is 6.72 Å². The van der Waals surface area contributed by atoms with Gasteiger partial charge in [-0.05, 0) is 19.6 Å². The molecular formula is C8H15F3N2O. The molecule has 14 heavy (non-hydrogen) atoms. The average Bonchev–Trinajstić information content (AvgIpc) is 1.98. The molecule has 0 bridgehead atoms. The maximum absolute atomic E-state index is 12.0. The van der Waals surface area contributed by atoms with Crippen molar-refractivity contribution in [3.8, 4) is 0 Å². The topological polar surface area (TPSA) is 44.6 Å². The summed E-state index contributed by atoms with van der Waals surface area (Å²) in [4.78, 5) is 3.43. The van der Waals surface area contributed by atoms with Crippen LogP contribution in [0.4, 0.5) is 13.2 Å². The molecular weight excluding hydrogens is 197 g/mol. The van der Waals surface area contributed by atoms with Gasteiger partial charge in [0.15, 0.2) is 0 Å². The van der Waals surface area contributed by atoms with Crippen LogP contribution in [-0.2, 0) is 0 Å². The van der Waals surface area contributed by atoms with Gasteiger partial charge >= 0.3 is 6.18 Å². The molecule has 2 N–H and O–H groups in total. The zero-order chi connectivity index (χ0) is 11.2. The normalized spacial score (nSPS) is 16.4. The minimum Gasteiger partial charge on any atom is -0.379 e. The molecule has 0 saturated heterocycles. The van der Waals surface area contributed by atoms with Gasteiger partial charge in [0.25, 0.3) is 0 Å². The summed E-state index contributed by atoms with van der Waals surface area (Å²) in [6, 6.07) is 0. The molecule has 0 saturated carbocycles. The summed E-state index contributed by atoms with van der Waals surface area (Å²) in [5.41, 5.74) is 0. The van der Waals surface area contributed by atoms with Gasteiger partial charge in [-0.1, -0.05) is 0 Å². The van der Waals surface area contributed by atoms with E-state index in [0.717, 1.165) is 0 Å². The minimum absolute atomic E-state index is 0.0409. The fourth-order valence-electron chi connectivity index (χ4n) is 1.05. The van der Waals surface area contributed by atoms with Crippen LogP contribution in [0.3, 0.4) is 0 Å². The Morgan fingerprint density at radius 1 is 1.50 bits per heavy atom. The first kappa shape index (κ1) is 13.4. The summed E-state index contributed by atoms with van der Waals surface area (Å²) < 4.78 is 36.0. The third-order valence-corrected chi connectivity index (χ3v) is 1.61. The van der Waals surface area contributed by atoms with E-state index in [0.29, 0.717) is 0 Å². The predicted octanol–water partition coefficient (Wildman–Crippen LogP) is 1.18. The molecule has 0 rings (SSSR count). The highest BCUT2D eigenvalue weighted by Crippen LogP contribution is 2.24. The number of rotatable bonds is 6. The largest absolute Gasteiger partial charge is 0.389 e. The Kier molecular flexibility index (Phi) is 5.71. The third kappa shape index (κ3) is 8.00. The van der Waals surface area contributed by atoms with Crippen molar-refractivity contribution in [2.45, 2.75) is 25.7 Å². The maximum atomic E-state index is 12.0. The highest BCUT2D eigenvalue weighted by Gasteiger charge is 2.31. The van der Waals surface area contributed by atoms with Crippen molar-refractivity contribution in [3.05, 3.63) is 0 Å². The van der Waals surface area contributed by atoms with Gasteiger partial charge in [0.1, 0.15) is 6.23 Å². The van der Waals surface area contributed by atoms with E-state index in [1.807, 2.05) is 0 Å². The molecule has 0 amide bonds. The fourth-order valence-corrected chi connectivity index (χ4v) is 1.05. The third-order valence-electron chi connectivity index (χ3n) is 1.61. The van der Waals surface area contributed by atoms with Crippen LogP contribution in [0.5, 0.6) is 0 Å². The number of hydrogen-bond donors (Lipinski definition) is 2. The molecule has 0 aliphatic heterocycles. The minimum atomic E-state index is -4.20. The van der Waals surface area contributed by atoms with Crippen molar-refractivity contribution in [3.63, 3.8) is 0 Å². The van der Waals surface area contributed by atoms with E-state index in [1.165, 1.54) is 6.92 Å². The van der Waals surface area contributed by atoms with Gasteiger partial charge in [0.05, 0.1) is 0 Å². The number of nitrogens with one attached hydrogen (secondary N) is 1. The Morgan fingerprint density at radius 3 is 2.43 bits per heavy atom. The van der Waals surface area contributed by atoms with Gasteiger partial charge in [0.2, 0.25) is 0 Å². The Bertz CT molecular complexity index is 170. The van der Waals surface area contributed by atoms with Gasteiger partial charge in [-0.15, -0.1) is 0 Å². The van der Waals surface area contributed by atoms with Crippen LogP contribution in [0.2, 0.25) is 0 Å². The summed E-state index contributed by atoms with van der Waals surface area (Å²) in [5.74, 6) is -0.665. The number of aliphatic imine (C=N–C) groups is 1. The maximum Gasteiger partial charge on any atom is 0.389 e. The summed E-state index contributed by atoms with van der Waals surface area (Å²) in [6.45, 7) is 4.72. The number of aliphatic hydroxyl groups is 1. The molecule has 0 aromatic rings. The highest BCUT2D eigenvalue weighted by atomic mass is 19.4. The van der Waals surface area contributed by atoms with Crippen LogP contribution >= 0.6 is 0 Å². The monoisotopic (exact) mass is 212 g/mol. The van der Waals surface area contributed by atoms with Crippen LogP contribution in [0.15, 0.2) is 4.99 Å². The molecule has 6 heteroatoms. The first-order chi connectivity index (χ1) is 6.35. The first-order valence-corrected chi connectivity index (χ1v) is 4.26. The quantitative estimate of drug-likeness (QED) is 0.513. The predicted molar refractivity (Wildman–Crippen MR) is 48.3 cm³/mol. The summed E-state index contributed by atoms with van der Waals surface area (Å²) >= 11 is 0. The number of aliphatic hydroxyl groups excluding tert-OH is 1. The molecule has 0 aromatic carbocycles. The lowest BCUT2D eigenvalue weighted by atomic mass is 10.1. The number of alkyl halides is 3. The first-order valence-electron chi connectivity index (χ1n) is 4.26. The average molecular weight is 212 g/mol. The van der Waals surface area contributed by atoms with E-state index in [4.69, 9.17) is 5.11 Å². The van der Waals surface area contributed by atoms with Crippen LogP contribution in [0.25, 0.3) is 0 Å². The number of halogens is 3. The second kappa shape index (κ2) is 5.98. The van der Waals surface area contributed by atoms with Crippen LogP contribution in [-0.4, -0.2) is 37.3 Å². The zero-order valence-electron chi connectivity index (χ0n) is 8.01. The van der Waals surface area contributed by atoms with Crippen LogP contribution in [0, 0.1) is 5.92 Å².